The Morgan fingerprint density at radius 2 is 1.93 bits per heavy atom. The third kappa shape index (κ3) is 3.65. The summed E-state index contributed by atoms with van der Waals surface area (Å²) in [5.41, 5.74) is 11.6. The van der Waals surface area contributed by atoms with E-state index in [1.165, 1.54) is 0 Å². The summed E-state index contributed by atoms with van der Waals surface area (Å²) in [5, 5.41) is 14.0. The van der Waals surface area contributed by atoms with Crippen LogP contribution in [0.2, 0.25) is 0 Å². The van der Waals surface area contributed by atoms with Gasteiger partial charge in [-0.15, -0.1) is 0 Å². The van der Waals surface area contributed by atoms with Gasteiger partial charge in [0.25, 0.3) is 0 Å². The van der Waals surface area contributed by atoms with E-state index < -0.39 is 0 Å². The molecule has 5 heteroatoms. The molecule has 2 heterocycles. The molecule has 3 N–H and O–H groups in total. The zero-order valence-electron chi connectivity index (χ0n) is 15.2. The van der Waals surface area contributed by atoms with Crippen LogP contribution in [-0.4, -0.2) is 21.9 Å². The van der Waals surface area contributed by atoms with Crippen LogP contribution in [0, 0.1) is 11.8 Å². The van der Waals surface area contributed by atoms with E-state index in [1.54, 1.807) is 6.20 Å². The maximum Gasteiger partial charge on any atom is 0.168 e. The third-order valence-corrected chi connectivity index (χ3v) is 4.55. The standard InChI is InChI=1S/C23H19N3O2/c24-21(15-17-7-3-4-12-25-17)18-8-1-2-9-19(18)23-20-11-10-16(6-5-13-27)14-22(20)28-26-23/h1-4,7-12,14,21,27H,13,15,24H2/t21-/m0/s1. The second-order valence-electron chi connectivity index (χ2n) is 6.42. The maximum absolute atomic E-state index is 8.86. The van der Waals surface area contributed by atoms with Gasteiger partial charge in [0.1, 0.15) is 12.3 Å². The Bertz CT molecular complexity index is 1160. The first kappa shape index (κ1) is 17.9. The second-order valence-corrected chi connectivity index (χ2v) is 6.42. The van der Waals surface area contributed by atoms with Crippen molar-refractivity contribution in [1.29, 1.82) is 0 Å². The molecule has 1 atom stereocenters. The molecule has 2 aromatic carbocycles. The average molecular weight is 369 g/mol. The van der Waals surface area contributed by atoms with Gasteiger partial charge >= 0.3 is 0 Å². The number of hydrogen-bond donors (Lipinski definition) is 2. The van der Waals surface area contributed by atoms with Crippen molar-refractivity contribution in [3.8, 4) is 23.1 Å². The third-order valence-electron chi connectivity index (χ3n) is 4.55. The molecule has 4 aromatic rings. The fourth-order valence-electron chi connectivity index (χ4n) is 3.24. The number of nitrogens with zero attached hydrogens (tertiary/aromatic N) is 2. The number of fused-ring (bicyclic) bond motifs is 1. The summed E-state index contributed by atoms with van der Waals surface area (Å²) in [6.07, 6.45) is 2.41. The molecule has 0 unspecified atom stereocenters. The molecule has 0 spiro atoms. The number of hydrogen-bond acceptors (Lipinski definition) is 5. The monoisotopic (exact) mass is 369 g/mol. The van der Waals surface area contributed by atoms with Gasteiger partial charge in [-0.3, -0.25) is 4.98 Å². The van der Waals surface area contributed by atoms with E-state index in [1.807, 2.05) is 60.7 Å². The fraction of sp³-hybridized carbons (Fsp3) is 0.130. The number of benzene rings is 2. The van der Waals surface area contributed by atoms with Crippen LogP contribution < -0.4 is 5.73 Å². The van der Waals surface area contributed by atoms with Gasteiger partial charge in [0.2, 0.25) is 0 Å². The second kappa shape index (κ2) is 8.05. The first-order chi connectivity index (χ1) is 13.8. The molecular weight excluding hydrogens is 350 g/mol. The van der Waals surface area contributed by atoms with E-state index >= 15 is 0 Å². The van der Waals surface area contributed by atoms with Crippen molar-refractivity contribution in [3.63, 3.8) is 0 Å². The van der Waals surface area contributed by atoms with Gasteiger partial charge in [-0.25, -0.2) is 0 Å². The zero-order valence-corrected chi connectivity index (χ0v) is 15.2. The fourth-order valence-corrected chi connectivity index (χ4v) is 3.24. The average Bonchev–Trinajstić information content (AvgIpc) is 3.16. The molecule has 0 aliphatic carbocycles. The molecule has 2 aromatic heterocycles. The van der Waals surface area contributed by atoms with Gasteiger partial charge in [0.15, 0.2) is 5.58 Å². The number of aromatic nitrogens is 2. The van der Waals surface area contributed by atoms with E-state index in [9.17, 15) is 0 Å². The molecule has 0 radical (unpaired) electrons. The summed E-state index contributed by atoms with van der Waals surface area (Å²) in [4.78, 5) is 4.38. The molecule has 0 amide bonds. The molecule has 138 valence electrons. The van der Waals surface area contributed by atoms with Crippen molar-refractivity contribution in [2.75, 3.05) is 6.61 Å². The summed E-state index contributed by atoms with van der Waals surface area (Å²) in [6.45, 7) is -0.179. The van der Waals surface area contributed by atoms with Crippen LogP contribution in [0.4, 0.5) is 0 Å². The molecule has 0 bridgehead atoms. The van der Waals surface area contributed by atoms with Crippen molar-refractivity contribution >= 4 is 11.0 Å². The highest BCUT2D eigenvalue weighted by Crippen LogP contribution is 2.33. The topological polar surface area (TPSA) is 85.2 Å². The minimum Gasteiger partial charge on any atom is -0.384 e. The lowest BCUT2D eigenvalue weighted by Crippen LogP contribution is -2.15. The van der Waals surface area contributed by atoms with Gasteiger partial charge in [-0.05, 0) is 35.9 Å². The van der Waals surface area contributed by atoms with Crippen LogP contribution in [0.1, 0.15) is 22.9 Å². The molecule has 28 heavy (non-hydrogen) atoms. The van der Waals surface area contributed by atoms with Crippen molar-refractivity contribution in [3.05, 3.63) is 83.7 Å². The van der Waals surface area contributed by atoms with Crippen molar-refractivity contribution in [2.45, 2.75) is 12.5 Å². The molecule has 4 rings (SSSR count). The molecular formula is C23H19N3O2. The van der Waals surface area contributed by atoms with E-state index in [0.29, 0.717) is 12.0 Å². The van der Waals surface area contributed by atoms with Crippen molar-refractivity contribution in [1.82, 2.24) is 10.1 Å². The van der Waals surface area contributed by atoms with E-state index in [-0.39, 0.29) is 12.6 Å². The first-order valence-electron chi connectivity index (χ1n) is 9.00. The Kier molecular flexibility index (Phi) is 5.16. The lowest BCUT2D eigenvalue weighted by atomic mass is 9.94. The predicted octanol–water partition coefficient (Wildman–Crippen LogP) is 3.48. The summed E-state index contributed by atoms with van der Waals surface area (Å²) in [5.74, 6) is 5.51. The highest BCUT2D eigenvalue weighted by molar-refractivity contribution is 5.93. The van der Waals surface area contributed by atoms with E-state index in [4.69, 9.17) is 15.4 Å². The Balaban J connectivity index is 1.72. The van der Waals surface area contributed by atoms with Gasteiger partial charge in [-0.2, -0.15) is 0 Å². The Morgan fingerprint density at radius 3 is 2.75 bits per heavy atom. The van der Waals surface area contributed by atoms with Crippen LogP contribution in [0.5, 0.6) is 0 Å². The molecule has 0 aliphatic heterocycles. The Labute approximate surface area is 162 Å². The van der Waals surface area contributed by atoms with Gasteiger partial charge < -0.3 is 15.4 Å². The maximum atomic E-state index is 8.86. The number of aliphatic hydroxyl groups excluding tert-OH is 1. The largest absolute Gasteiger partial charge is 0.384 e. The summed E-state index contributed by atoms with van der Waals surface area (Å²) < 4.78 is 5.54. The lowest BCUT2D eigenvalue weighted by Gasteiger charge is -2.15. The van der Waals surface area contributed by atoms with Crippen LogP contribution >= 0.6 is 0 Å². The summed E-state index contributed by atoms with van der Waals surface area (Å²) in [7, 11) is 0. The van der Waals surface area contributed by atoms with Crippen LogP contribution in [-0.2, 0) is 6.42 Å². The molecule has 0 saturated carbocycles. The summed E-state index contributed by atoms with van der Waals surface area (Å²) in [6, 6.07) is 19.2. The number of nitrogens with two attached hydrogens (primary N) is 1. The highest BCUT2D eigenvalue weighted by atomic mass is 16.5. The molecule has 0 aliphatic rings. The minimum atomic E-state index is -0.215. The van der Waals surface area contributed by atoms with Crippen LogP contribution in [0.3, 0.4) is 0 Å². The normalized spacial score (nSPS) is 11.8. The molecule has 0 fully saturated rings. The van der Waals surface area contributed by atoms with E-state index in [0.717, 1.165) is 33.5 Å². The minimum absolute atomic E-state index is 0.179. The molecule has 5 nitrogen and oxygen atoms in total. The van der Waals surface area contributed by atoms with Crippen molar-refractivity contribution < 1.29 is 9.63 Å². The Hall–Kier alpha value is -3.46. The van der Waals surface area contributed by atoms with Crippen molar-refractivity contribution in [2.24, 2.45) is 5.73 Å². The lowest BCUT2D eigenvalue weighted by molar-refractivity contribution is 0.350. The SMILES string of the molecule is N[C@@H](Cc1ccccn1)c1ccccc1-c1noc2cc(C#CCO)ccc12. The Morgan fingerprint density at radius 1 is 1.07 bits per heavy atom. The van der Waals surface area contributed by atoms with E-state index in [2.05, 4.69) is 22.0 Å². The summed E-state index contributed by atoms with van der Waals surface area (Å²) >= 11 is 0. The number of rotatable bonds is 4. The van der Waals surface area contributed by atoms with Gasteiger partial charge in [0, 0.05) is 40.9 Å². The number of pyridine rings is 1. The molecule has 0 saturated heterocycles. The van der Waals surface area contributed by atoms with Gasteiger partial charge in [-0.1, -0.05) is 47.3 Å². The van der Waals surface area contributed by atoms with Crippen LogP contribution in [0.15, 0.2) is 71.4 Å². The highest BCUT2D eigenvalue weighted by Gasteiger charge is 2.18. The first-order valence-corrected chi connectivity index (χ1v) is 9.00. The quantitative estimate of drug-likeness (QED) is 0.538. The van der Waals surface area contributed by atoms with Crippen LogP contribution in [0.25, 0.3) is 22.2 Å². The predicted molar refractivity (Wildman–Crippen MR) is 108 cm³/mol. The number of aliphatic hydroxyl groups is 1. The zero-order chi connectivity index (χ0) is 19.3. The van der Waals surface area contributed by atoms with Gasteiger partial charge in [0.05, 0.1) is 0 Å². The smallest absolute Gasteiger partial charge is 0.168 e.